The number of hydrogen-bond acceptors (Lipinski definition) is 5. The fourth-order valence-corrected chi connectivity index (χ4v) is 2.64. The van der Waals surface area contributed by atoms with Crippen LogP contribution in [0.15, 0.2) is 84.0 Å². The van der Waals surface area contributed by atoms with Crippen LogP contribution >= 0.6 is 0 Å². The zero-order valence-electron chi connectivity index (χ0n) is 16.9. The summed E-state index contributed by atoms with van der Waals surface area (Å²) in [4.78, 5) is 12.2. The largest absolute Gasteiger partial charge is 0.496 e. The zero-order chi connectivity index (χ0) is 21.2. The predicted octanol–water partition coefficient (Wildman–Crippen LogP) is 4.19. The summed E-state index contributed by atoms with van der Waals surface area (Å²) < 4.78 is 16.7. The van der Waals surface area contributed by atoms with Crippen molar-refractivity contribution in [2.45, 2.75) is 19.6 Å². The average molecular weight is 404 g/mol. The highest BCUT2D eigenvalue weighted by Crippen LogP contribution is 2.20. The Hall–Kier alpha value is -3.80. The van der Waals surface area contributed by atoms with Crippen LogP contribution < -0.4 is 19.6 Å². The van der Waals surface area contributed by atoms with Gasteiger partial charge in [0.1, 0.15) is 23.9 Å². The number of hydrogen-bond donors (Lipinski definition) is 1. The molecule has 0 aromatic heterocycles. The molecule has 0 fully saturated rings. The van der Waals surface area contributed by atoms with Crippen LogP contribution in [0.25, 0.3) is 0 Å². The Balaban J connectivity index is 1.48. The van der Waals surface area contributed by atoms with Crippen molar-refractivity contribution in [2.24, 2.45) is 5.10 Å². The lowest BCUT2D eigenvalue weighted by molar-refractivity contribution is -0.127. The van der Waals surface area contributed by atoms with Crippen molar-refractivity contribution < 1.29 is 19.0 Å². The van der Waals surface area contributed by atoms with Crippen molar-refractivity contribution >= 4 is 12.1 Å². The molecule has 0 heterocycles. The second-order valence-electron chi connectivity index (χ2n) is 6.48. The average Bonchev–Trinajstić information content (AvgIpc) is 2.79. The molecule has 0 bridgehead atoms. The number of hydrazone groups is 1. The van der Waals surface area contributed by atoms with Crippen molar-refractivity contribution in [3.8, 4) is 17.2 Å². The molecule has 0 spiro atoms. The van der Waals surface area contributed by atoms with Crippen LogP contribution in [0.5, 0.6) is 17.2 Å². The highest BCUT2D eigenvalue weighted by Gasteiger charge is 2.14. The first-order chi connectivity index (χ1) is 14.7. The third-order valence-electron chi connectivity index (χ3n) is 4.27. The smallest absolute Gasteiger partial charge is 0.280 e. The molecule has 0 saturated heterocycles. The van der Waals surface area contributed by atoms with Gasteiger partial charge in [-0.1, -0.05) is 42.5 Å². The number of carbonyl (C=O) groups is 1. The van der Waals surface area contributed by atoms with Crippen molar-refractivity contribution in [3.63, 3.8) is 0 Å². The van der Waals surface area contributed by atoms with Gasteiger partial charge in [0.15, 0.2) is 6.10 Å². The van der Waals surface area contributed by atoms with Gasteiger partial charge in [-0.05, 0) is 48.9 Å². The minimum absolute atomic E-state index is 0.356. The Morgan fingerprint density at radius 3 is 2.37 bits per heavy atom. The molecule has 3 rings (SSSR count). The number of carbonyl (C=O) groups excluding carboxylic acids is 1. The van der Waals surface area contributed by atoms with Crippen molar-refractivity contribution in [1.29, 1.82) is 0 Å². The number of benzene rings is 3. The lowest BCUT2D eigenvalue weighted by Crippen LogP contribution is -2.33. The molecule has 0 aliphatic rings. The van der Waals surface area contributed by atoms with Gasteiger partial charge in [-0.2, -0.15) is 5.10 Å². The van der Waals surface area contributed by atoms with E-state index >= 15 is 0 Å². The van der Waals surface area contributed by atoms with Gasteiger partial charge in [0.05, 0.1) is 13.3 Å². The molecule has 1 atom stereocenters. The van der Waals surface area contributed by atoms with E-state index in [1.165, 1.54) is 6.21 Å². The molecule has 0 aliphatic heterocycles. The number of para-hydroxylation sites is 1. The number of rotatable bonds is 9. The lowest BCUT2D eigenvalue weighted by atomic mass is 10.2. The van der Waals surface area contributed by atoms with E-state index in [0.29, 0.717) is 18.1 Å². The summed E-state index contributed by atoms with van der Waals surface area (Å²) in [6.07, 6.45) is 0.818. The Morgan fingerprint density at radius 1 is 0.967 bits per heavy atom. The van der Waals surface area contributed by atoms with Crippen LogP contribution in [-0.4, -0.2) is 25.3 Å². The van der Waals surface area contributed by atoms with Crippen LogP contribution in [0.3, 0.4) is 0 Å². The second kappa shape index (κ2) is 10.7. The minimum atomic E-state index is -0.712. The maximum atomic E-state index is 12.2. The molecule has 6 heteroatoms. The molecular formula is C24H24N2O4. The summed E-state index contributed by atoms with van der Waals surface area (Å²) >= 11 is 0. The summed E-state index contributed by atoms with van der Waals surface area (Å²) in [6.45, 7) is 2.15. The van der Waals surface area contributed by atoms with Gasteiger partial charge in [-0.3, -0.25) is 4.79 Å². The highest BCUT2D eigenvalue weighted by atomic mass is 16.5. The van der Waals surface area contributed by atoms with E-state index in [2.05, 4.69) is 10.5 Å². The molecule has 1 N–H and O–H groups in total. The van der Waals surface area contributed by atoms with E-state index in [9.17, 15) is 4.79 Å². The molecule has 1 unspecified atom stereocenters. The monoisotopic (exact) mass is 404 g/mol. The Labute approximate surface area is 176 Å². The van der Waals surface area contributed by atoms with Gasteiger partial charge in [-0.15, -0.1) is 0 Å². The van der Waals surface area contributed by atoms with Gasteiger partial charge in [0, 0.05) is 5.56 Å². The maximum Gasteiger partial charge on any atom is 0.280 e. The molecule has 1 amide bonds. The third-order valence-corrected chi connectivity index (χ3v) is 4.27. The van der Waals surface area contributed by atoms with Gasteiger partial charge in [0.25, 0.3) is 5.91 Å². The zero-order valence-corrected chi connectivity index (χ0v) is 16.9. The summed E-state index contributed by atoms with van der Waals surface area (Å²) in [5, 5.41) is 3.98. The Bertz CT molecular complexity index is 972. The van der Waals surface area contributed by atoms with Crippen LogP contribution in [0, 0.1) is 0 Å². The first-order valence-corrected chi connectivity index (χ1v) is 9.55. The summed E-state index contributed by atoms with van der Waals surface area (Å²) in [5.74, 6) is 1.61. The second-order valence-corrected chi connectivity index (χ2v) is 6.48. The van der Waals surface area contributed by atoms with Crippen molar-refractivity contribution in [1.82, 2.24) is 5.43 Å². The first-order valence-electron chi connectivity index (χ1n) is 9.55. The standard InChI is InChI=1S/C24H24N2O4/c1-18(24(27)26-25-16-20-10-6-7-11-23(20)28-2)30-22-14-12-21(13-15-22)29-17-19-8-4-3-5-9-19/h3-16,18H,17H2,1-2H3,(H,26,27). The molecular weight excluding hydrogens is 380 g/mol. The normalized spacial score (nSPS) is 11.7. The summed E-state index contributed by atoms with van der Waals surface area (Å²) in [6, 6.07) is 24.5. The Morgan fingerprint density at radius 2 is 1.63 bits per heavy atom. The maximum absolute atomic E-state index is 12.2. The molecule has 30 heavy (non-hydrogen) atoms. The lowest BCUT2D eigenvalue weighted by Gasteiger charge is -2.13. The summed E-state index contributed by atoms with van der Waals surface area (Å²) in [7, 11) is 1.58. The van der Waals surface area contributed by atoms with E-state index in [4.69, 9.17) is 14.2 Å². The van der Waals surface area contributed by atoms with Gasteiger partial charge < -0.3 is 14.2 Å². The highest BCUT2D eigenvalue weighted by molar-refractivity contribution is 5.86. The molecule has 154 valence electrons. The van der Waals surface area contributed by atoms with Crippen LogP contribution in [0.1, 0.15) is 18.1 Å². The van der Waals surface area contributed by atoms with Gasteiger partial charge in [0.2, 0.25) is 0 Å². The van der Waals surface area contributed by atoms with E-state index in [-0.39, 0.29) is 5.91 Å². The molecule has 3 aromatic carbocycles. The van der Waals surface area contributed by atoms with E-state index < -0.39 is 6.10 Å². The fraction of sp³-hybridized carbons (Fsp3) is 0.167. The van der Waals surface area contributed by atoms with Crippen LogP contribution in [0.4, 0.5) is 0 Å². The summed E-state index contributed by atoms with van der Waals surface area (Å²) in [5.41, 5.74) is 4.34. The van der Waals surface area contributed by atoms with E-state index in [0.717, 1.165) is 16.9 Å². The first kappa shape index (κ1) is 20.9. The number of methoxy groups -OCH3 is 1. The van der Waals surface area contributed by atoms with E-state index in [1.807, 2.05) is 66.7 Å². The number of ether oxygens (including phenoxy) is 3. The number of amides is 1. The molecule has 0 saturated carbocycles. The third kappa shape index (κ3) is 6.10. The quantitative estimate of drug-likeness (QED) is 0.429. The van der Waals surface area contributed by atoms with E-state index in [1.54, 1.807) is 26.2 Å². The SMILES string of the molecule is COc1ccccc1C=NNC(=O)C(C)Oc1ccc(OCc2ccccc2)cc1. The molecule has 3 aromatic rings. The number of nitrogens with zero attached hydrogens (tertiary/aromatic N) is 1. The molecule has 0 aliphatic carbocycles. The fourth-order valence-electron chi connectivity index (χ4n) is 2.64. The predicted molar refractivity (Wildman–Crippen MR) is 116 cm³/mol. The molecule has 6 nitrogen and oxygen atoms in total. The minimum Gasteiger partial charge on any atom is -0.496 e. The van der Waals surface area contributed by atoms with Crippen LogP contribution in [-0.2, 0) is 11.4 Å². The van der Waals surface area contributed by atoms with Gasteiger partial charge >= 0.3 is 0 Å². The van der Waals surface area contributed by atoms with Crippen molar-refractivity contribution in [2.75, 3.05) is 7.11 Å². The van der Waals surface area contributed by atoms with Crippen molar-refractivity contribution in [3.05, 3.63) is 90.0 Å². The Kier molecular flexibility index (Phi) is 7.44. The van der Waals surface area contributed by atoms with Gasteiger partial charge in [-0.25, -0.2) is 5.43 Å². The topological polar surface area (TPSA) is 69.2 Å². The molecule has 0 radical (unpaired) electrons. The number of nitrogens with one attached hydrogen (secondary N) is 1. The van der Waals surface area contributed by atoms with Crippen LogP contribution in [0.2, 0.25) is 0 Å².